The van der Waals surface area contributed by atoms with Gasteiger partial charge in [-0.05, 0) is 6.42 Å². The number of rotatable bonds is 10. The normalized spacial score (nSPS) is 16.0. The molecule has 0 bridgehead atoms. The minimum Gasteiger partial charge on any atom is -0.324 e. The summed E-state index contributed by atoms with van der Waals surface area (Å²) >= 11 is 0. The van der Waals surface area contributed by atoms with Crippen LogP contribution in [-0.4, -0.2) is 60.9 Å². The topological polar surface area (TPSA) is 281 Å². The van der Waals surface area contributed by atoms with Crippen molar-refractivity contribution in [2.45, 2.75) is 24.4 Å². The fraction of sp³-hybridized carbons (Fsp3) is 0.571. The molecule has 8 N–H and O–H groups in total. The smallest absolute Gasteiger partial charge is 0.324 e. The van der Waals surface area contributed by atoms with Crippen molar-refractivity contribution in [3.05, 3.63) is 0 Å². The molecule has 1 atom stereocenters. The third-order valence-electron chi connectivity index (χ3n) is 3.07. The van der Waals surface area contributed by atoms with E-state index in [0.29, 0.717) is 0 Å². The molecule has 0 spiro atoms. The van der Waals surface area contributed by atoms with Crippen molar-refractivity contribution in [3.63, 3.8) is 0 Å². The van der Waals surface area contributed by atoms with Crippen LogP contribution in [0.2, 0.25) is 0 Å². The third-order valence-corrected chi connectivity index (χ3v) is 7.58. The van der Waals surface area contributed by atoms with Crippen LogP contribution in [0.3, 0.4) is 0 Å². The van der Waals surface area contributed by atoms with E-state index in [-0.39, 0.29) is 0 Å². The zero-order valence-electron chi connectivity index (χ0n) is 12.3. The lowest BCUT2D eigenvalue weighted by molar-refractivity contribution is -0.121. The van der Waals surface area contributed by atoms with E-state index in [1.807, 2.05) is 0 Å². The molecule has 1 unspecified atom stereocenters. The predicted molar refractivity (Wildman–Crippen MR) is 79.8 cm³/mol. The Bertz CT molecular complexity index is 789. The van der Waals surface area contributed by atoms with Crippen LogP contribution >= 0.6 is 30.4 Å². The van der Waals surface area contributed by atoms with Crippen LogP contribution < -0.4 is 0 Å². The second kappa shape index (κ2) is 7.92. The maximum Gasteiger partial charge on any atom is 0.392 e. The van der Waals surface area contributed by atoms with E-state index in [1.54, 1.807) is 0 Å². The van der Waals surface area contributed by atoms with Crippen LogP contribution in [0.25, 0.3) is 0 Å². The van der Waals surface area contributed by atoms with Gasteiger partial charge in [-0.15, -0.1) is 0 Å². The van der Waals surface area contributed by atoms with Crippen LogP contribution in [0, 0.1) is 0 Å². The van der Waals surface area contributed by atoms with E-state index in [4.69, 9.17) is 29.4 Å². The van der Waals surface area contributed by atoms with Gasteiger partial charge in [-0.2, -0.15) is 0 Å². The summed E-state index contributed by atoms with van der Waals surface area (Å²) in [6.45, 7) is 0. The zero-order valence-corrected chi connectivity index (χ0v) is 15.9. The van der Waals surface area contributed by atoms with E-state index >= 15 is 0 Å². The van der Waals surface area contributed by atoms with Crippen molar-refractivity contribution in [3.8, 4) is 0 Å². The Labute approximate surface area is 144 Å². The molecule has 0 amide bonds. The summed E-state index contributed by atoms with van der Waals surface area (Å²) in [6, 6.07) is 0. The number of carbonyl (C=O) groups is 3. The maximum absolute atomic E-state index is 11.9. The molecular weight excluding hydrogens is 448 g/mol. The van der Waals surface area contributed by atoms with Crippen LogP contribution in [0.15, 0.2) is 0 Å². The fourth-order valence-corrected chi connectivity index (χ4v) is 5.25. The van der Waals surface area contributed by atoms with Gasteiger partial charge in [0.15, 0.2) is 5.16 Å². The molecular formula is C7H14O15P4. The van der Waals surface area contributed by atoms with E-state index in [2.05, 4.69) is 0 Å². The van der Waals surface area contributed by atoms with Crippen LogP contribution in [0.4, 0.5) is 0 Å². The number of hydrogen-bond acceptors (Lipinski definition) is 7. The average Bonchev–Trinajstić information content (AvgIpc) is 2.37. The van der Waals surface area contributed by atoms with Gasteiger partial charge >= 0.3 is 30.4 Å². The van der Waals surface area contributed by atoms with Gasteiger partial charge < -0.3 is 39.1 Å². The van der Waals surface area contributed by atoms with E-state index in [1.165, 1.54) is 0 Å². The summed E-state index contributed by atoms with van der Waals surface area (Å²) in [5.41, 5.74) is -6.89. The molecule has 152 valence electrons. The van der Waals surface area contributed by atoms with Crippen molar-refractivity contribution in [2.24, 2.45) is 0 Å². The van der Waals surface area contributed by atoms with Crippen molar-refractivity contribution < 1.29 is 71.8 Å². The van der Waals surface area contributed by atoms with Gasteiger partial charge in [0.05, 0.1) is 0 Å². The van der Waals surface area contributed by atoms with E-state index in [0.717, 1.165) is 0 Å². The highest BCUT2D eigenvalue weighted by atomic mass is 31.2. The van der Waals surface area contributed by atoms with Gasteiger partial charge in [-0.1, -0.05) is 0 Å². The van der Waals surface area contributed by atoms with Gasteiger partial charge in [0.25, 0.3) is 5.52 Å². The molecule has 0 fully saturated rings. The summed E-state index contributed by atoms with van der Waals surface area (Å²) in [4.78, 5) is 106. The highest BCUT2D eigenvalue weighted by Crippen LogP contribution is 2.63. The van der Waals surface area contributed by atoms with Crippen LogP contribution in [0.5, 0.6) is 0 Å². The lowest BCUT2D eigenvalue weighted by Gasteiger charge is -2.32. The molecule has 15 nitrogen and oxygen atoms in total. The number of hydrogen-bond donors (Lipinski definition) is 8. The molecule has 0 aliphatic carbocycles. The molecule has 0 saturated heterocycles. The minimum absolute atomic E-state index is 1.53. The molecule has 0 aromatic rings. The van der Waals surface area contributed by atoms with Crippen LogP contribution in [-0.2, 0) is 32.6 Å². The standard InChI is InChI=1S/C7H14O15P4/c8-4(23(11,12)13)1-2-7(26(20,21)22,6(10)25(17,18)19)3-5(9)24(14,15)16/h1-3H2,(H2,11,12,13)(H2,14,15,16)(H2,17,18,19)(H2,20,21,22). The molecule has 0 rings (SSSR count). The van der Waals surface area contributed by atoms with Crippen molar-refractivity contribution >= 4 is 47.0 Å². The first kappa shape index (κ1) is 25.6. The molecule has 0 aliphatic rings. The Morgan fingerprint density at radius 3 is 1.31 bits per heavy atom. The Balaban J connectivity index is 6.39. The quantitative estimate of drug-likeness (QED) is 0.166. The van der Waals surface area contributed by atoms with Gasteiger partial charge in [0.1, 0.15) is 0 Å². The molecule has 0 saturated carbocycles. The Morgan fingerprint density at radius 2 is 1.04 bits per heavy atom. The van der Waals surface area contributed by atoms with Gasteiger partial charge in [-0.3, -0.25) is 32.6 Å². The molecule has 0 radical (unpaired) electrons. The van der Waals surface area contributed by atoms with Crippen molar-refractivity contribution in [1.82, 2.24) is 0 Å². The van der Waals surface area contributed by atoms with Gasteiger partial charge in [0, 0.05) is 12.8 Å². The van der Waals surface area contributed by atoms with Crippen molar-refractivity contribution in [2.75, 3.05) is 0 Å². The fourth-order valence-electron chi connectivity index (χ4n) is 1.73. The lowest BCUT2D eigenvalue weighted by Crippen LogP contribution is -2.41. The SMILES string of the molecule is O=C(CCC(CC(=O)P(=O)(O)O)(C(=O)P(=O)(O)O)P(=O)(O)O)P(=O)(O)O. The summed E-state index contributed by atoms with van der Waals surface area (Å²) in [6.07, 6.45) is -5.29. The van der Waals surface area contributed by atoms with E-state index in [9.17, 15) is 42.4 Å². The molecule has 0 heterocycles. The van der Waals surface area contributed by atoms with Crippen LogP contribution in [0.1, 0.15) is 19.3 Å². The predicted octanol–water partition coefficient (Wildman–Crippen LogP) is -1.81. The largest absolute Gasteiger partial charge is 0.392 e. The van der Waals surface area contributed by atoms with Gasteiger partial charge in [0.2, 0.25) is 11.0 Å². The summed E-state index contributed by atoms with van der Waals surface area (Å²) < 4.78 is 44.5. The first-order valence-corrected chi connectivity index (χ1v) is 12.5. The highest BCUT2D eigenvalue weighted by Gasteiger charge is 2.61. The maximum atomic E-state index is 11.9. The molecule has 0 aromatic carbocycles. The summed E-state index contributed by atoms with van der Waals surface area (Å²) in [7, 11) is -23.3. The molecule has 26 heavy (non-hydrogen) atoms. The summed E-state index contributed by atoms with van der Waals surface area (Å²) in [5, 5.41) is -3.78. The van der Waals surface area contributed by atoms with Gasteiger partial charge in [-0.25, -0.2) is 0 Å². The minimum atomic E-state index is -6.10. The highest BCUT2D eigenvalue weighted by molar-refractivity contribution is 7.74. The average molecular weight is 462 g/mol. The second-order valence-electron chi connectivity index (χ2n) is 4.98. The zero-order chi connectivity index (χ0) is 21.4. The molecule has 0 aromatic heterocycles. The Kier molecular flexibility index (Phi) is 7.80. The van der Waals surface area contributed by atoms with Crippen molar-refractivity contribution in [1.29, 1.82) is 0 Å². The Morgan fingerprint density at radius 1 is 0.654 bits per heavy atom. The Hall–Kier alpha value is -0.390. The first-order chi connectivity index (χ1) is 11.2. The third kappa shape index (κ3) is 6.35. The van der Waals surface area contributed by atoms with E-state index < -0.39 is 71.4 Å². The molecule has 19 heteroatoms. The second-order valence-corrected chi connectivity index (χ2v) is 11.6. The number of carbonyl (C=O) groups excluding carboxylic acids is 3. The monoisotopic (exact) mass is 462 g/mol. The lowest BCUT2D eigenvalue weighted by atomic mass is 10.0. The first-order valence-electron chi connectivity index (χ1n) is 6.00. The molecule has 0 aliphatic heterocycles. The summed E-state index contributed by atoms with van der Waals surface area (Å²) in [5.74, 6) is 0.